The molecule has 1 aromatic heterocycles. The van der Waals surface area contributed by atoms with Gasteiger partial charge >= 0.3 is 0 Å². The number of hydrogen-bond donors (Lipinski definition) is 1. The zero-order chi connectivity index (χ0) is 13.7. The van der Waals surface area contributed by atoms with Crippen LogP contribution in [0.5, 0.6) is 5.75 Å². The zero-order valence-electron chi connectivity index (χ0n) is 12.0. The number of anilines is 2. The van der Waals surface area contributed by atoms with Crippen LogP contribution in [0.25, 0.3) is 0 Å². The Morgan fingerprint density at radius 3 is 2.95 bits per heavy atom. The van der Waals surface area contributed by atoms with Gasteiger partial charge in [-0.1, -0.05) is 19.8 Å². The Morgan fingerprint density at radius 1 is 1.37 bits per heavy atom. The van der Waals surface area contributed by atoms with Crippen LogP contribution in [0.2, 0.25) is 0 Å². The monoisotopic (exact) mass is 283 g/mol. The van der Waals surface area contributed by atoms with Gasteiger partial charge in [-0.3, -0.25) is 0 Å². The van der Waals surface area contributed by atoms with Crippen molar-refractivity contribution >= 4 is 22.4 Å². The molecule has 0 bridgehead atoms. The molecule has 19 heavy (non-hydrogen) atoms. The summed E-state index contributed by atoms with van der Waals surface area (Å²) in [6.07, 6.45) is 6.53. The van der Waals surface area contributed by atoms with E-state index >= 15 is 0 Å². The first-order chi connectivity index (χ1) is 9.26. The lowest BCUT2D eigenvalue weighted by Gasteiger charge is -2.21. The molecule has 108 valence electrons. The maximum Gasteiger partial charge on any atom is 0.197 e. The van der Waals surface area contributed by atoms with Crippen molar-refractivity contribution in [1.29, 1.82) is 0 Å². The standard InChI is InChI=1S/C14H25N3OS/c1-3-6-11-7-5-9-17(10-8-11)14-12(18-4-2)13(15)16-19-14/h11H,3-10H2,1-2H3,(H2,15,16). The van der Waals surface area contributed by atoms with Crippen molar-refractivity contribution in [2.24, 2.45) is 5.92 Å². The third-order valence-electron chi connectivity index (χ3n) is 3.78. The summed E-state index contributed by atoms with van der Waals surface area (Å²) in [5, 5.41) is 1.12. The Kier molecular flexibility index (Phi) is 5.31. The lowest BCUT2D eigenvalue weighted by Crippen LogP contribution is -2.23. The summed E-state index contributed by atoms with van der Waals surface area (Å²) < 4.78 is 9.91. The summed E-state index contributed by atoms with van der Waals surface area (Å²) in [7, 11) is 0. The van der Waals surface area contributed by atoms with Gasteiger partial charge in [-0.2, -0.15) is 4.37 Å². The van der Waals surface area contributed by atoms with Gasteiger partial charge in [0, 0.05) is 13.1 Å². The molecule has 1 atom stereocenters. The maximum absolute atomic E-state index is 5.90. The zero-order valence-corrected chi connectivity index (χ0v) is 12.8. The topological polar surface area (TPSA) is 51.4 Å². The van der Waals surface area contributed by atoms with Crippen molar-refractivity contribution in [3.05, 3.63) is 0 Å². The summed E-state index contributed by atoms with van der Waals surface area (Å²) in [6.45, 7) is 7.11. The van der Waals surface area contributed by atoms with Crippen LogP contribution in [-0.2, 0) is 0 Å². The highest BCUT2D eigenvalue weighted by molar-refractivity contribution is 7.11. The van der Waals surface area contributed by atoms with Gasteiger partial charge in [0.05, 0.1) is 6.61 Å². The van der Waals surface area contributed by atoms with E-state index in [4.69, 9.17) is 10.5 Å². The average Bonchev–Trinajstić information content (AvgIpc) is 2.63. The smallest absolute Gasteiger partial charge is 0.197 e. The van der Waals surface area contributed by atoms with Gasteiger partial charge in [0.1, 0.15) is 0 Å². The summed E-state index contributed by atoms with van der Waals surface area (Å²) in [5.74, 6) is 2.22. The Bertz CT molecular complexity index is 394. The van der Waals surface area contributed by atoms with E-state index in [0.29, 0.717) is 12.4 Å². The fraction of sp³-hybridized carbons (Fsp3) is 0.786. The van der Waals surface area contributed by atoms with E-state index in [9.17, 15) is 0 Å². The number of nitrogen functional groups attached to an aromatic ring is 1. The fourth-order valence-electron chi connectivity index (χ4n) is 2.83. The van der Waals surface area contributed by atoms with Gasteiger partial charge in [-0.25, -0.2) is 0 Å². The van der Waals surface area contributed by atoms with E-state index in [2.05, 4.69) is 16.2 Å². The first kappa shape index (κ1) is 14.4. The lowest BCUT2D eigenvalue weighted by molar-refractivity contribution is 0.343. The molecule has 1 aromatic rings. The molecule has 1 fully saturated rings. The number of aromatic nitrogens is 1. The predicted octanol–water partition coefficient (Wildman–Crippen LogP) is 3.53. The number of hydrogen-bond acceptors (Lipinski definition) is 5. The normalized spacial score (nSPS) is 20.3. The van der Waals surface area contributed by atoms with Crippen LogP contribution in [0.4, 0.5) is 10.8 Å². The molecule has 1 unspecified atom stereocenters. The fourth-order valence-corrected chi connectivity index (χ4v) is 3.64. The van der Waals surface area contributed by atoms with Crippen LogP contribution in [0, 0.1) is 5.92 Å². The molecule has 5 heteroatoms. The van der Waals surface area contributed by atoms with E-state index in [0.717, 1.165) is 29.8 Å². The molecule has 1 aliphatic heterocycles. The first-order valence-corrected chi connectivity index (χ1v) is 8.16. The molecule has 0 spiro atoms. The second-order valence-corrected chi connectivity index (χ2v) is 5.96. The lowest BCUT2D eigenvalue weighted by atomic mass is 9.96. The molecule has 1 saturated heterocycles. The minimum absolute atomic E-state index is 0.538. The van der Waals surface area contributed by atoms with Gasteiger partial charge < -0.3 is 15.4 Å². The molecule has 0 aliphatic carbocycles. The van der Waals surface area contributed by atoms with Crippen LogP contribution < -0.4 is 15.4 Å². The van der Waals surface area contributed by atoms with Crippen LogP contribution in [-0.4, -0.2) is 24.1 Å². The molecular weight excluding hydrogens is 258 g/mol. The highest BCUT2D eigenvalue weighted by Gasteiger charge is 2.22. The molecule has 0 aromatic carbocycles. The third kappa shape index (κ3) is 3.53. The van der Waals surface area contributed by atoms with Crippen LogP contribution in [0.15, 0.2) is 0 Å². The van der Waals surface area contributed by atoms with E-state index in [1.807, 2.05) is 6.92 Å². The minimum atomic E-state index is 0.538. The number of ether oxygens (including phenoxy) is 1. The summed E-state index contributed by atoms with van der Waals surface area (Å²) in [4.78, 5) is 2.41. The predicted molar refractivity (Wildman–Crippen MR) is 82.2 cm³/mol. The van der Waals surface area contributed by atoms with E-state index in [1.54, 1.807) is 0 Å². The van der Waals surface area contributed by atoms with E-state index in [1.165, 1.54) is 43.6 Å². The van der Waals surface area contributed by atoms with Gasteiger partial charge in [-0.15, -0.1) is 0 Å². The summed E-state index contributed by atoms with van der Waals surface area (Å²) >= 11 is 1.47. The second-order valence-electron chi connectivity index (χ2n) is 5.21. The van der Waals surface area contributed by atoms with Crippen molar-refractivity contribution < 1.29 is 4.74 Å². The van der Waals surface area contributed by atoms with Crippen LogP contribution >= 0.6 is 11.5 Å². The van der Waals surface area contributed by atoms with E-state index < -0.39 is 0 Å². The van der Waals surface area contributed by atoms with Crippen molar-refractivity contribution in [1.82, 2.24) is 4.37 Å². The van der Waals surface area contributed by atoms with E-state index in [-0.39, 0.29) is 0 Å². The molecule has 2 rings (SSSR count). The summed E-state index contributed by atoms with van der Waals surface area (Å²) in [6, 6.07) is 0. The molecule has 0 radical (unpaired) electrons. The Labute approximate surface area is 120 Å². The third-order valence-corrected chi connectivity index (χ3v) is 4.68. The maximum atomic E-state index is 5.90. The number of nitrogens with zero attached hydrogens (tertiary/aromatic N) is 2. The Hall–Kier alpha value is -0.970. The van der Waals surface area contributed by atoms with Crippen molar-refractivity contribution in [2.45, 2.75) is 46.0 Å². The Morgan fingerprint density at radius 2 is 2.21 bits per heavy atom. The molecule has 1 aliphatic rings. The Balaban J connectivity index is 2.05. The molecule has 2 N–H and O–H groups in total. The highest BCUT2D eigenvalue weighted by Crippen LogP contribution is 2.39. The van der Waals surface area contributed by atoms with Gasteiger partial charge in [-0.05, 0) is 43.6 Å². The van der Waals surface area contributed by atoms with Crippen LogP contribution in [0.1, 0.15) is 46.0 Å². The quantitative estimate of drug-likeness (QED) is 0.898. The first-order valence-electron chi connectivity index (χ1n) is 7.39. The van der Waals surface area contributed by atoms with Gasteiger partial charge in [0.25, 0.3) is 0 Å². The highest BCUT2D eigenvalue weighted by atomic mass is 32.1. The van der Waals surface area contributed by atoms with Crippen molar-refractivity contribution in [2.75, 3.05) is 30.3 Å². The van der Waals surface area contributed by atoms with Crippen molar-refractivity contribution in [3.8, 4) is 5.75 Å². The largest absolute Gasteiger partial charge is 0.487 e. The number of rotatable bonds is 5. The summed E-state index contributed by atoms with van der Waals surface area (Å²) in [5.41, 5.74) is 5.90. The second kappa shape index (κ2) is 6.98. The van der Waals surface area contributed by atoms with Gasteiger partial charge in [0.15, 0.2) is 16.6 Å². The molecule has 0 amide bonds. The molecule has 4 nitrogen and oxygen atoms in total. The van der Waals surface area contributed by atoms with Crippen molar-refractivity contribution in [3.63, 3.8) is 0 Å². The van der Waals surface area contributed by atoms with Crippen LogP contribution in [0.3, 0.4) is 0 Å². The minimum Gasteiger partial charge on any atom is -0.487 e. The molecule has 0 saturated carbocycles. The number of nitrogens with two attached hydrogens (primary N) is 1. The SMILES string of the molecule is CCCC1CCCN(c2snc(N)c2OCC)CC1. The molecule has 2 heterocycles. The average molecular weight is 283 g/mol. The molecular formula is C14H25N3OS. The van der Waals surface area contributed by atoms with Gasteiger partial charge in [0.2, 0.25) is 0 Å².